The lowest BCUT2D eigenvalue weighted by atomic mass is 10.2. The molecule has 1 aromatic heterocycles. The zero-order chi connectivity index (χ0) is 26.6. The first-order valence-electron chi connectivity index (χ1n) is 11.0. The summed E-state index contributed by atoms with van der Waals surface area (Å²) < 4.78 is 41.3. The highest BCUT2D eigenvalue weighted by Crippen LogP contribution is 2.36. The summed E-state index contributed by atoms with van der Waals surface area (Å²) >= 11 is 3.36. The second kappa shape index (κ2) is 11.3. The highest BCUT2D eigenvalue weighted by atomic mass is 79.9. The van der Waals surface area contributed by atoms with E-state index in [1.54, 1.807) is 60.7 Å². The van der Waals surface area contributed by atoms with Crippen molar-refractivity contribution in [3.8, 4) is 0 Å². The van der Waals surface area contributed by atoms with Crippen LogP contribution in [0, 0.1) is 0 Å². The summed E-state index contributed by atoms with van der Waals surface area (Å²) in [5, 5.41) is 2.55. The lowest BCUT2D eigenvalue weighted by Crippen LogP contribution is -2.36. The topological polar surface area (TPSA) is 143 Å². The third kappa shape index (κ3) is 6.68. The van der Waals surface area contributed by atoms with Gasteiger partial charge in [0.25, 0.3) is 16.0 Å². The normalized spacial score (nSPS) is 21.4. The van der Waals surface area contributed by atoms with E-state index in [0.29, 0.717) is 11.1 Å². The van der Waals surface area contributed by atoms with Gasteiger partial charge in [-0.05, 0) is 30.3 Å². The molecule has 37 heavy (non-hydrogen) atoms. The van der Waals surface area contributed by atoms with Crippen molar-refractivity contribution < 1.29 is 31.7 Å². The number of aromatic nitrogens is 2. The number of ether oxygens (including phenoxy) is 2. The number of halogens is 1. The Hall–Kier alpha value is -3.39. The number of amides is 1. The van der Waals surface area contributed by atoms with E-state index in [4.69, 9.17) is 13.7 Å². The number of hydrogen-bond acceptors (Lipinski definition) is 9. The minimum atomic E-state index is -3.93. The van der Waals surface area contributed by atoms with Gasteiger partial charge < -0.3 is 14.8 Å². The van der Waals surface area contributed by atoms with E-state index in [-0.39, 0.29) is 12.4 Å². The first-order valence-corrected chi connectivity index (χ1v) is 13.7. The highest BCUT2D eigenvalue weighted by molar-refractivity contribution is 9.09. The molecule has 1 aliphatic rings. The Balaban J connectivity index is 1.51. The number of rotatable bonds is 8. The number of nitrogens with zero attached hydrogens (tertiary/aromatic N) is 2. The molecule has 0 spiro atoms. The van der Waals surface area contributed by atoms with Crippen molar-refractivity contribution >= 4 is 43.7 Å². The number of benzene rings is 2. The van der Waals surface area contributed by atoms with Crippen LogP contribution >= 0.6 is 15.9 Å². The predicted molar refractivity (Wildman–Crippen MR) is 136 cm³/mol. The summed E-state index contributed by atoms with van der Waals surface area (Å²) in [5.41, 5.74) is -0.0660. The molecule has 2 aromatic carbocycles. The molecule has 4 rings (SSSR count). The Morgan fingerprint density at radius 2 is 1.68 bits per heavy atom. The van der Waals surface area contributed by atoms with Gasteiger partial charge in [-0.3, -0.25) is 13.5 Å². The van der Waals surface area contributed by atoms with Crippen LogP contribution in [0.25, 0.3) is 0 Å². The molecule has 194 valence electrons. The van der Waals surface area contributed by atoms with Crippen LogP contribution in [0.3, 0.4) is 0 Å². The molecule has 0 bridgehead atoms. The van der Waals surface area contributed by atoms with Crippen molar-refractivity contribution in [3.63, 3.8) is 0 Å². The molecule has 4 atom stereocenters. The first-order chi connectivity index (χ1) is 17.6. The van der Waals surface area contributed by atoms with Crippen LogP contribution < -0.4 is 11.0 Å². The third-order valence-corrected chi connectivity index (χ3v) is 6.87. The van der Waals surface area contributed by atoms with Gasteiger partial charge in [0, 0.05) is 11.8 Å². The Kier molecular flexibility index (Phi) is 8.17. The SMILES string of the molecule is CS(=O)(=O)O[C@H]1[C@@H](Br)[C@H](n2ccc(NC(=O)c3ccccc3)nc2=O)O[C@@H]1COC(=O)c1ccccc1. The molecular weight excluding hydrogens is 570 g/mol. The maximum atomic E-state index is 12.8. The number of esters is 1. The van der Waals surface area contributed by atoms with E-state index in [0.717, 1.165) is 10.8 Å². The molecule has 0 radical (unpaired) electrons. The Morgan fingerprint density at radius 3 is 2.27 bits per heavy atom. The average molecular weight is 592 g/mol. The van der Waals surface area contributed by atoms with E-state index in [9.17, 15) is 22.8 Å². The van der Waals surface area contributed by atoms with Crippen LogP contribution in [0.15, 0.2) is 77.7 Å². The molecule has 1 saturated heterocycles. The second-order valence-electron chi connectivity index (χ2n) is 8.06. The summed E-state index contributed by atoms with van der Waals surface area (Å²) in [6.45, 7) is -0.333. The van der Waals surface area contributed by atoms with E-state index in [2.05, 4.69) is 26.2 Å². The Morgan fingerprint density at radius 1 is 1.05 bits per heavy atom. The standard InChI is InChI=1S/C24H22BrN3O8S/c1-37(32,33)36-20-17(14-34-23(30)16-10-6-3-7-11-16)35-22(19(20)25)28-13-12-18(27-24(28)31)26-21(29)15-8-4-2-5-9-15/h2-13,17,19-20,22H,14H2,1H3,(H,26,27,29,31)/t17-,19-,20-,22-/m1/s1. The Bertz CT molecular complexity index is 1430. The van der Waals surface area contributed by atoms with E-state index in [1.165, 1.54) is 12.3 Å². The van der Waals surface area contributed by atoms with Gasteiger partial charge in [-0.25, -0.2) is 9.59 Å². The molecule has 11 nitrogen and oxygen atoms in total. The van der Waals surface area contributed by atoms with Crippen molar-refractivity contribution in [3.05, 3.63) is 94.5 Å². The maximum Gasteiger partial charge on any atom is 0.351 e. The quantitative estimate of drug-likeness (QED) is 0.237. The maximum absolute atomic E-state index is 12.8. The number of carbonyl (C=O) groups is 2. The predicted octanol–water partition coefficient (Wildman–Crippen LogP) is 2.36. The van der Waals surface area contributed by atoms with Gasteiger partial charge >= 0.3 is 11.7 Å². The Labute approximate surface area is 220 Å². The zero-order valence-electron chi connectivity index (χ0n) is 19.4. The highest BCUT2D eigenvalue weighted by Gasteiger charge is 2.47. The summed E-state index contributed by atoms with van der Waals surface area (Å²) in [6.07, 6.45) is -0.962. The fraction of sp³-hybridized carbons (Fsp3) is 0.250. The number of anilines is 1. The molecule has 0 unspecified atom stereocenters. The second-order valence-corrected chi connectivity index (χ2v) is 10.7. The van der Waals surface area contributed by atoms with Crippen LogP contribution in [0.4, 0.5) is 5.82 Å². The van der Waals surface area contributed by atoms with Crippen LogP contribution in [0.1, 0.15) is 26.9 Å². The van der Waals surface area contributed by atoms with Crippen molar-refractivity contribution in [2.45, 2.75) is 23.3 Å². The number of hydrogen-bond donors (Lipinski definition) is 1. The minimum absolute atomic E-state index is 0.0245. The zero-order valence-corrected chi connectivity index (χ0v) is 21.8. The van der Waals surface area contributed by atoms with Crippen molar-refractivity contribution in [2.75, 3.05) is 18.2 Å². The lowest BCUT2D eigenvalue weighted by Gasteiger charge is -2.19. The summed E-state index contributed by atoms with van der Waals surface area (Å²) in [5.74, 6) is -1.05. The van der Waals surface area contributed by atoms with Gasteiger partial charge in [-0.2, -0.15) is 13.4 Å². The van der Waals surface area contributed by atoms with Gasteiger partial charge in [-0.15, -0.1) is 0 Å². The van der Waals surface area contributed by atoms with Crippen LogP contribution in [0.2, 0.25) is 0 Å². The summed E-state index contributed by atoms with van der Waals surface area (Å²) in [4.78, 5) is 40.6. The third-order valence-electron chi connectivity index (χ3n) is 5.32. The van der Waals surface area contributed by atoms with Crippen LogP contribution in [-0.2, 0) is 23.8 Å². The summed E-state index contributed by atoms with van der Waals surface area (Å²) in [6, 6.07) is 18.1. The monoisotopic (exact) mass is 591 g/mol. The molecule has 1 N–H and O–H groups in total. The van der Waals surface area contributed by atoms with Gasteiger partial charge in [0.2, 0.25) is 0 Å². The number of alkyl halides is 1. The molecule has 3 aromatic rings. The van der Waals surface area contributed by atoms with Gasteiger partial charge in [0.05, 0.1) is 16.6 Å². The molecule has 0 saturated carbocycles. The fourth-order valence-electron chi connectivity index (χ4n) is 3.64. The lowest BCUT2D eigenvalue weighted by molar-refractivity contribution is -0.0487. The average Bonchev–Trinajstić information content (AvgIpc) is 3.17. The molecule has 1 aliphatic heterocycles. The molecule has 1 fully saturated rings. The van der Waals surface area contributed by atoms with Crippen molar-refractivity contribution in [1.29, 1.82) is 0 Å². The summed E-state index contributed by atoms with van der Waals surface area (Å²) in [7, 11) is -3.93. The van der Waals surface area contributed by atoms with Gasteiger partial charge in [0.1, 0.15) is 24.6 Å². The molecule has 1 amide bonds. The minimum Gasteiger partial charge on any atom is -0.459 e. The van der Waals surface area contributed by atoms with Crippen molar-refractivity contribution in [1.82, 2.24) is 9.55 Å². The van der Waals surface area contributed by atoms with Gasteiger partial charge in [0.15, 0.2) is 6.23 Å². The van der Waals surface area contributed by atoms with Crippen molar-refractivity contribution in [2.24, 2.45) is 0 Å². The first kappa shape index (κ1) is 26.7. The molecule has 13 heteroatoms. The fourth-order valence-corrected chi connectivity index (χ4v) is 5.26. The van der Waals surface area contributed by atoms with E-state index >= 15 is 0 Å². The van der Waals surface area contributed by atoms with Crippen LogP contribution in [0.5, 0.6) is 0 Å². The molecular formula is C24H22BrN3O8S. The van der Waals surface area contributed by atoms with Gasteiger partial charge in [-0.1, -0.05) is 52.3 Å². The van der Waals surface area contributed by atoms with E-state index in [1.807, 2.05) is 0 Å². The molecule has 2 heterocycles. The van der Waals surface area contributed by atoms with Crippen LogP contribution in [-0.4, -0.2) is 59.7 Å². The smallest absolute Gasteiger partial charge is 0.351 e. The largest absolute Gasteiger partial charge is 0.459 e. The molecule has 0 aliphatic carbocycles. The number of carbonyl (C=O) groups excluding carboxylic acids is 2. The number of nitrogens with one attached hydrogen (secondary N) is 1. The van der Waals surface area contributed by atoms with E-state index < -0.39 is 50.9 Å².